The minimum Gasteiger partial charge on any atom is -0.480 e. The first-order chi connectivity index (χ1) is 9.98. The molecule has 0 bridgehead atoms. The molecule has 6 nitrogen and oxygen atoms in total. The Balaban J connectivity index is 2.01. The van der Waals surface area contributed by atoms with E-state index in [0.29, 0.717) is 32.2 Å². The highest BCUT2D eigenvalue weighted by Crippen LogP contribution is 2.41. The Hall–Kier alpha value is -1.66. The lowest BCUT2D eigenvalue weighted by atomic mass is 9.69. The van der Waals surface area contributed by atoms with Crippen LogP contribution in [0.3, 0.4) is 0 Å². The van der Waals surface area contributed by atoms with Crippen molar-refractivity contribution in [2.24, 2.45) is 5.41 Å². The second kappa shape index (κ2) is 6.41. The number of hydrogen-bond donors (Lipinski definition) is 2. The van der Waals surface area contributed by atoms with E-state index in [1.807, 2.05) is 0 Å². The van der Waals surface area contributed by atoms with Gasteiger partial charge in [0.1, 0.15) is 19.3 Å². The number of carbonyl (C=O) groups is 3. The van der Waals surface area contributed by atoms with E-state index in [1.165, 1.54) is 4.90 Å². The van der Waals surface area contributed by atoms with E-state index in [2.05, 4.69) is 5.32 Å². The smallest absolute Gasteiger partial charge is 0.323 e. The molecule has 21 heavy (non-hydrogen) atoms. The topological polar surface area (TPSA) is 86.7 Å². The van der Waals surface area contributed by atoms with Crippen LogP contribution in [0.5, 0.6) is 0 Å². The maximum Gasteiger partial charge on any atom is 0.323 e. The summed E-state index contributed by atoms with van der Waals surface area (Å²) in [6.45, 7) is -0.691. The predicted molar refractivity (Wildman–Crippen MR) is 72.3 cm³/mol. The van der Waals surface area contributed by atoms with Crippen LogP contribution in [0, 0.1) is 5.41 Å². The van der Waals surface area contributed by atoms with Gasteiger partial charge >= 0.3 is 5.97 Å². The number of nitrogens with one attached hydrogen (secondary N) is 1. The summed E-state index contributed by atoms with van der Waals surface area (Å²) >= 11 is 0. The fraction of sp³-hybridized carbons (Fsp3) is 0.786. The number of carbonyl (C=O) groups excluding carboxylic acids is 2. The molecule has 0 aromatic carbocycles. The summed E-state index contributed by atoms with van der Waals surface area (Å²) in [5.41, 5.74) is -0.968. The summed E-state index contributed by atoms with van der Waals surface area (Å²) in [6.07, 6.45) is 3.75. The summed E-state index contributed by atoms with van der Waals surface area (Å²) in [5, 5.41) is 11.5. The van der Waals surface area contributed by atoms with Gasteiger partial charge < -0.3 is 15.3 Å². The van der Waals surface area contributed by atoms with E-state index in [4.69, 9.17) is 5.11 Å². The zero-order valence-corrected chi connectivity index (χ0v) is 11.9. The Morgan fingerprint density at radius 3 is 2.57 bits per heavy atom. The fourth-order valence-electron chi connectivity index (χ4n) is 2.90. The molecule has 0 spiro atoms. The summed E-state index contributed by atoms with van der Waals surface area (Å²) in [4.78, 5) is 36.5. The maximum absolute atomic E-state index is 13.1. The number of carboxylic acid groups (broad SMARTS) is 1. The van der Waals surface area contributed by atoms with Gasteiger partial charge in [0.15, 0.2) is 0 Å². The third-order valence-electron chi connectivity index (χ3n) is 4.46. The molecule has 0 aromatic heterocycles. The number of hydrogen-bond acceptors (Lipinski definition) is 3. The first kappa shape index (κ1) is 15.7. The van der Waals surface area contributed by atoms with Crippen LogP contribution in [0.15, 0.2) is 0 Å². The van der Waals surface area contributed by atoms with Gasteiger partial charge in [-0.1, -0.05) is 6.42 Å². The van der Waals surface area contributed by atoms with Gasteiger partial charge in [0.05, 0.1) is 5.41 Å². The lowest BCUT2D eigenvalue weighted by molar-refractivity contribution is -0.147. The van der Waals surface area contributed by atoms with Gasteiger partial charge in [-0.05, 0) is 32.1 Å². The molecule has 118 valence electrons. The standard InChI is InChI=1S/C14H21FN2O4/c15-9-14(5-3-6-14)13(21)16-10-4-1-2-7-17(12(10)20)8-11(18)19/h10H,1-9H2,(H,16,21)(H,18,19). The van der Waals surface area contributed by atoms with Gasteiger partial charge in [0, 0.05) is 6.54 Å². The van der Waals surface area contributed by atoms with Crippen molar-refractivity contribution in [1.29, 1.82) is 0 Å². The number of alkyl halides is 1. The molecular weight excluding hydrogens is 279 g/mol. The SMILES string of the molecule is O=C(O)CN1CCCCC(NC(=O)C2(CF)CCC2)C1=O. The van der Waals surface area contributed by atoms with Gasteiger partial charge in [0.25, 0.3) is 0 Å². The van der Waals surface area contributed by atoms with E-state index in [0.717, 1.165) is 12.8 Å². The van der Waals surface area contributed by atoms with Gasteiger partial charge in [-0.25, -0.2) is 4.39 Å². The minimum absolute atomic E-state index is 0.362. The Morgan fingerprint density at radius 1 is 1.33 bits per heavy atom. The molecule has 1 aliphatic heterocycles. The molecule has 2 aliphatic rings. The first-order valence-electron chi connectivity index (χ1n) is 7.36. The second-order valence-electron chi connectivity index (χ2n) is 5.94. The Labute approximate surface area is 122 Å². The molecule has 1 aliphatic carbocycles. The molecule has 1 heterocycles. The number of aliphatic carboxylic acids is 1. The van der Waals surface area contributed by atoms with Crippen LogP contribution in [-0.4, -0.2) is 53.6 Å². The van der Waals surface area contributed by atoms with E-state index >= 15 is 0 Å². The molecule has 2 rings (SSSR count). The average Bonchev–Trinajstić information content (AvgIpc) is 2.53. The number of halogens is 1. The van der Waals surface area contributed by atoms with E-state index in [-0.39, 0.29) is 12.5 Å². The minimum atomic E-state index is -1.07. The number of amides is 2. The second-order valence-corrected chi connectivity index (χ2v) is 5.94. The number of carboxylic acids is 1. The van der Waals surface area contributed by atoms with Gasteiger partial charge in [-0.2, -0.15) is 0 Å². The number of nitrogens with zero attached hydrogens (tertiary/aromatic N) is 1. The quantitative estimate of drug-likeness (QED) is 0.783. The van der Waals surface area contributed by atoms with Crippen molar-refractivity contribution in [1.82, 2.24) is 10.2 Å². The van der Waals surface area contributed by atoms with Crippen molar-refractivity contribution in [2.45, 2.75) is 44.6 Å². The molecule has 0 radical (unpaired) electrons. The molecule has 2 N–H and O–H groups in total. The highest BCUT2D eigenvalue weighted by molar-refractivity contribution is 5.91. The molecule has 1 saturated carbocycles. The Kier molecular flexibility index (Phi) is 4.80. The van der Waals surface area contributed by atoms with Crippen molar-refractivity contribution >= 4 is 17.8 Å². The fourth-order valence-corrected chi connectivity index (χ4v) is 2.90. The lowest BCUT2D eigenvalue weighted by Gasteiger charge is -2.38. The van der Waals surface area contributed by atoms with Gasteiger partial charge in [0.2, 0.25) is 11.8 Å². The molecule has 2 amide bonds. The monoisotopic (exact) mass is 300 g/mol. The molecule has 1 unspecified atom stereocenters. The summed E-state index contributed by atoms with van der Waals surface area (Å²) in [6, 6.07) is -0.733. The Morgan fingerprint density at radius 2 is 2.05 bits per heavy atom. The van der Waals surface area contributed by atoms with Crippen LogP contribution in [0.4, 0.5) is 4.39 Å². The van der Waals surface area contributed by atoms with Gasteiger partial charge in [-0.3, -0.25) is 14.4 Å². The normalized spacial score (nSPS) is 24.9. The summed E-state index contributed by atoms with van der Waals surface area (Å²) in [7, 11) is 0. The van der Waals surface area contributed by atoms with Crippen LogP contribution >= 0.6 is 0 Å². The first-order valence-corrected chi connectivity index (χ1v) is 7.36. The van der Waals surface area contributed by atoms with Crippen molar-refractivity contribution in [3.05, 3.63) is 0 Å². The predicted octanol–water partition coefficient (Wildman–Crippen LogP) is 0.708. The average molecular weight is 300 g/mol. The largest absolute Gasteiger partial charge is 0.480 e. The highest BCUT2D eigenvalue weighted by Gasteiger charge is 2.45. The zero-order valence-electron chi connectivity index (χ0n) is 11.9. The number of likely N-dealkylation sites (tertiary alicyclic amines) is 1. The van der Waals surface area contributed by atoms with Crippen LogP contribution in [0.1, 0.15) is 38.5 Å². The van der Waals surface area contributed by atoms with Gasteiger partial charge in [-0.15, -0.1) is 0 Å². The van der Waals surface area contributed by atoms with Crippen molar-refractivity contribution in [3.8, 4) is 0 Å². The summed E-state index contributed by atoms with van der Waals surface area (Å²) in [5.74, 6) is -1.86. The van der Waals surface area contributed by atoms with Crippen molar-refractivity contribution < 1.29 is 23.9 Å². The lowest BCUT2D eigenvalue weighted by Crippen LogP contribution is -2.55. The highest BCUT2D eigenvalue weighted by atomic mass is 19.1. The molecule has 7 heteroatoms. The molecule has 1 atom stereocenters. The molecule has 2 fully saturated rings. The third-order valence-corrected chi connectivity index (χ3v) is 4.46. The molecular formula is C14H21FN2O4. The van der Waals surface area contributed by atoms with Crippen LogP contribution in [0.25, 0.3) is 0 Å². The number of rotatable bonds is 5. The Bertz CT molecular complexity index is 431. The van der Waals surface area contributed by atoms with Crippen molar-refractivity contribution in [2.75, 3.05) is 19.8 Å². The van der Waals surface area contributed by atoms with Crippen molar-refractivity contribution in [3.63, 3.8) is 0 Å². The van der Waals surface area contributed by atoms with Crippen LogP contribution in [-0.2, 0) is 14.4 Å². The molecule has 1 saturated heterocycles. The summed E-state index contributed by atoms with van der Waals surface area (Å²) < 4.78 is 13.1. The van der Waals surface area contributed by atoms with Crippen LogP contribution in [0.2, 0.25) is 0 Å². The van der Waals surface area contributed by atoms with E-state index in [9.17, 15) is 18.8 Å². The third kappa shape index (κ3) is 3.33. The van der Waals surface area contributed by atoms with Crippen LogP contribution < -0.4 is 5.32 Å². The molecule has 0 aromatic rings. The zero-order chi connectivity index (χ0) is 15.5. The van der Waals surface area contributed by atoms with E-state index in [1.54, 1.807) is 0 Å². The van der Waals surface area contributed by atoms with E-state index < -0.39 is 30.0 Å². The maximum atomic E-state index is 13.1.